The zero-order valence-corrected chi connectivity index (χ0v) is 13.4. The van der Waals surface area contributed by atoms with Gasteiger partial charge in [-0.3, -0.25) is 0 Å². The standard InChI is InChI=1S/C19H22FNO2/c1-13(2)18(11-14-6-8-17(20)9-7-14)21-12-15-4-3-5-16(10-15)19(22)23/h3-10,13,18,21H,11-12H2,1-2H3,(H,22,23). The van der Waals surface area contributed by atoms with Crippen LogP contribution in [0.25, 0.3) is 0 Å². The molecule has 4 heteroatoms. The molecule has 0 radical (unpaired) electrons. The summed E-state index contributed by atoms with van der Waals surface area (Å²) in [5, 5.41) is 12.5. The van der Waals surface area contributed by atoms with E-state index < -0.39 is 5.97 Å². The molecule has 1 atom stereocenters. The van der Waals surface area contributed by atoms with Crippen LogP contribution in [-0.4, -0.2) is 17.1 Å². The number of benzene rings is 2. The van der Waals surface area contributed by atoms with Crippen molar-refractivity contribution in [2.45, 2.75) is 32.9 Å². The second-order valence-electron chi connectivity index (χ2n) is 6.07. The molecule has 0 saturated heterocycles. The van der Waals surface area contributed by atoms with E-state index in [1.165, 1.54) is 12.1 Å². The SMILES string of the molecule is CC(C)C(Cc1ccc(F)cc1)NCc1cccc(C(=O)O)c1. The third-order valence-corrected chi connectivity index (χ3v) is 3.92. The third kappa shape index (κ3) is 5.18. The zero-order valence-electron chi connectivity index (χ0n) is 13.4. The maximum absolute atomic E-state index is 13.0. The maximum atomic E-state index is 13.0. The number of hydrogen-bond acceptors (Lipinski definition) is 2. The second kappa shape index (κ2) is 7.88. The van der Waals surface area contributed by atoms with E-state index in [4.69, 9.17) is 5.11 Å². The minimum atomic E-state index is -0.918. The molecule has 2 rings (SSSR count). The molecule has 0 aromatic heterocycles. The number of aromatic carboxylic acids is 1. The largest absolute Gasteiger partial charge is 0.478 e. The Morgan fingerprint density at radius 3 is 2.43 bits per heavy atom. The summed E-state index contributed by atoms with van der Waals surface area (Å²) in [4.78, 5) is 11.0. The number of halogens is 1. The average molecular weight is 315 g/mol. The number of rotatable bonds is 7. The molecule has 0 spiro atoms. The summed E-state index contributed by atoms with van der Waals surface area (Å²) >= 11 is 0. The highest BCUT2D eigenvalue weighted by Crippen LogP contribution is 2.13. The van der Waals surface area contributed by atoms with Crippen molar-refractivity contribution in [2.24, 2.45) is 5.92 Å². The first-order valence-electron chi connectivity index (χ1n) is 7.76. The molecule has 0 saturated carbocycles. The highest BCUT2D eigenvalue weighted by atomic mass is 19.1. The minimum Gasteiger partial charge on any atom is -0.478 e. The Morgan fingerprint density at radius 2 is 1.83 bits per heavy atom. The molecule has 2 N–H and O–H groups in total. The minimum absolute atomic E-state index is 0.228. The van der Waals surface area contributed by atoms with Crippen LogP contribution in [0.15, 0.2) is 48.5 Å². The van der Waals surface area contributed by atoms with E-state index in [0.29, 0.717) is 18.0 Å². The summed E-state index contributed by atoms with van der Waals surface area (Å²) in [6.45, 7) is 4.87. The Labute approximate surface area is 136 Å². The predicted molar refractivity (Wildman–Crippen MR) is 89.0 cm³/mol. The second-order valence-corrected chi connectivity index (χ2v) is 6.07. The highest BCUT2D eigenvalue weighted by Gasteiger charge is 2.14. The third-order valence-electron chi connectivity index (χ3n) is 3.92. The summed E-state index contributed by atoms with van der Waals surface area (Å²) < 4.78 is 13.0. The lowest BCUT2D eigenvalue weighted by atomic mass is 9.96. The Balaban J connectivity index is 2.01. The number of hydrogen-bond donors (Lipinski definition) is 2. The van der Waals surface area contributed by atoms with Crippen LogP contribution in [0.1, 0.15) is 35.3 Å². The van der Waals surface area contributed by atoms with Gasteiger partial charge in [0.25, 0.3) is 0 Å². The van der Waals surface area contributed by atoms with Gasteiger partial charge < -0.3 is 10.4 Å². The zero-order chi connectivity index (χ0) is 16.8. The molecule has 2 aromatic carbocycles. The van der Waals surface area contributed by atoms with Crippen molar-refractivity contribution >= 4 is 5.97 Å². The maximum Gasteiger partial charge on any atom is 0.335 e. The fourth-order valence-electron chi connectivity index (χ4n) is 2.48. The van der Waals surface area contributed by atoms with Crippen LogP contribution in [0, 0.1) is 11.7 Å². The van der Waals surface area contributed by atoms with Crippen molar-refractivity contribution in [3.63, 3.8) is 0 Å². The van der Waals surface area contributed by atoms with E-state index in [1.54, 1.807) is 30.3 Å². The van der Waals surface area contributed by atoms with Crippen LogP contribution >= 0.6 is 0 Å². The fourth-order valence-corrected chi connectivity index (χ4v) is 2.48. The molecule has 2 aromatic rings. The van der Waals surface area contributed by atoms with E-state index in [9.17, 15) is 9.18 Å². The van der Waals surface area contributed by atoms with Gasteiger partial charge in [-0.1, -0.05) is 38.1 Å². The normalized spacial score (nSPS) is 12.3. The smallest absolute Gasteiger partial charge is 0.335 e. The van der Waals surface area contributed by atoms with E-state index in [2.05, 4.69) is 19.2 Å². The summed E-state index contributed by atoms with van der Waals surface area (Å²) in [5.41, 5.74) is 2.32. The molecule has 1 unspecified atom stereocenters. The van der Waals surface area contributed by atoms with E-state index >= 15 is 0 Å². The Bertz CT molecular complexity index is 653. The fraction of sp³-hybridized carbons (Fsp3) is 0.316. The van der Waals surface area contributed by atoms with Gasteiger partial charge in [0.05, 0.1) is 5.56 Å². The Hall–Kier alpha value is -2.20. The number of carbonyl (C=O) groups is 1. The van der Waals surface area contributed by atoms with Gasteiger partial charge in [0, 0.05) is 12.6 Å². The predicted octanol–water partition coefficient (Wildman–Crippen LogP) is 3.88. The first-order chi connectivity index (χ1) is 11.0. The molecule has 23 heavy (non-hydrogen) atoms. The van der Waals surface area contributed by atoms with Crippen LogP contribution in [0.4, 0.5) is 4.39 Å². The number of carboxylic acid groups (broad SMARTS) is 1. The molecular formula is C19H22FNO2. The van der Waals surface area contributed by atoms with Gasteiger partial charge in [-0.05, 0) is 47.7 Å². The molecule has 0 amide bonds. The highest BCUT2D eigenvalue weighted by molar-refractivity contribution is 5.87. The average Bonchev–Trinajstić information content (AvgIpc) is 2.53. The Morgan fingerprint density at radius 1 is 1.13 bits per heavy atom. The van der Waals surface area contributed by atoms with Crippen molar-refractivity contribution < 1.29 is 14.3 Å². The first kappa shape index (κ1) is 17.2. The van der Waals surface area contributed by atoms with E-state index in [0.717, 1.165) is 17.5 Å². The van der Waals surface area contributed by atoms with Gasteiger partial charge in [-0.15, -0.1) is 0 Å². The lowest BCUT2D eigenvalue weighted by Crippen LogP contribution is -2.35. The molecule has 3 nitrogen and oxygen atoms in total. The quantitative estimate of drug-likeness (QED) is 0.815. The monoisotopic (exact) mass is 315 g/mol. The molecular weight excluding hydrogens is 293 g/mol. The van der Waals surface area contributed by atoms with Crippen molar-refractivity contribution in [1.82, 2.24) is 5.32 Å². The topological polar surface area (TPSA) is 49.3 Å². The van der Waals surface area contributed by atoms with E-state index in [-0.39, 0.29) is 11.9 Å². The van der Waals surface area contributed by atoms with E-state index in [1.807, 2.05) is 6.07 Å². The summed E-state index contributed by atoms with van der Waals surface area (Å²) in [7, 11) is 0. The molecule has 0 fully saturated rings. The summed E-state index contributed by atoms with van der Waals surface area (Å²) in [5.74, 6) is -0.741. The van der Waals surface area contributed by atoms with Crippen LogP contribution in [0.3, 0.4) is 0 Å². The van der Waals surface area contributed by atoms with Gasteiger partial charge in [0.2, 0.25) is 0 Å². The molecule has 0 bridgehead atoms. The number of nitrogens with one attached hydrogen (secondary N) is 1. The van der Waals surface area contributed by atoms with Gasteiger partial charge in [0.15, 0.2) is 0 Å². The lowest BCUT2D eigenvalue weighted by molar-refractivity contribution is 0.0696. The molecule has 0 aliphatic carbocycles. The van der Waals surface area contributed by atoms with Crippen LogP contribution in [0.2, 0.25) is 0 Å². The van der Waals surface area contributed by atoms with Gasteiger partial charge in [0.1, 0.15) is 5.82 Å². The molecule has 122 valence electrons. The van der Waals surface area contributed by atoms with Crippen molar-refractivity contribution in [2.75, 3.05) is 0 Å². The lowest BCUT2D eigenvalue weighted by Gasteiger charge is -2.23. The van der Waals surface area contributed by atoms with Crippen molar-refractivity contribution in [3.8, 4) is 0 Å². The van der Waals surface area contributed by atoms with Crippen molar-refractivity contribution in [1.29, 1.82) is 0 Å². The van der Waals surface area contributed by atoms with Gasteiger partial charge >= 0.3 is 5.97 Å². The molecule has 0 aliphatic rings. The van der Waals surface area contributed by atoms with Crippen molar-refractivity contribution in [3.05, 3.63) is 71.0 Å². The molecule has 0 aliphatic heterocycles. The first-order valence-corrected chi connectivity index (χ1v) is 7.76. The number of carboxylic acids is 1. The van der Waals surface area contributed by atoms with Crippen LogP contribution < -0.4 is 5.32 Å². The van der Waals surface area contributed by atoms with Crippen LogP contribution in [-0.2, 0) is 13.0 Å². The van der Waals surface area contributed by atoms with Gasteiger partial charge in [-0.25, -0.2) is 9.18 Å². The molecule has 0 heterocycles. The van der Waals surface area contributed by atoms with Gasteiger partial charge in [-0.2, -0.15) is 0 Å². The summed E-state index contributed by atoms with van der Waals surface area (Å²) in [6, 6.07) is 13.7. The van der Waals surface area contributed by atoms with Crippen LogP contribution in [0.5, 0.6) is 0 Å². The summed E-state index contributed by atoms with van der Waals surface area (Å²) in [6.07, 6.45) is 0.802. The Kier molecular flexibility index (Phi) is 5.88.